The molecule has 0 aliphatic heterocycles. The van der Waals surface area contributed by atoms with Gasteiger partial charge in [0.1, 0.15) is 11.8 Å². The normalized spacial score (nSPS) is 11.8. The molecule has 23 heavy (non-hydrogen) atoms. The highest BCUT2D eigenvalue weighted by atomic mass is 35.5. The summed E-state index contributed by atoms with van der Waals surface area (Å²) in [5, 5.41) is 0. The number of halogens is 1. The fraction of sp³-hybridized carbons (Fsp3) is 0.529. The maximum Gasteiger partial charge on any atom is 0.349 e. The van der Waals surface area contributed by atoms with Gasteiger partial charge in [0, 0.05) is 0 Å². The highest BCUT2D eigenvalue weighted by Crippen LogP contribution is 2.34. The van der Waals surface area contributed by atoms with E-state index in [0.717, 1.165) is 11.1 Å². The monoisotopic (exact) mass is 343 g/mol. The van der Waals surface area contributed by atoms with Gasteiger partial charge < -0.3 is 15.2 Å². The van der Waals surface area contributed by atoms with Crippen LogP contribution in [0.1, 0.15) is 57.6 Å². The van der Waals surface area contributed by atoms with Gasteiger partial charge in [-0.2, -0.15) is 0 Å². The van der Waals surface area contributed by atoms with Crippen LogP contribution >= 0.6 is 12.4 Å². The maximum absolute atomic E-state index is 11.9. The summed E-state index contributed by atoms with van der Waals surface area (Å²) in [6.07, 6.45) is 0. The van der Waals surface area contributed by atoms with Crippen LogP contribution in [0.5, 0.6) is 5.75 Å². The molecular formula is C17H26ClNO4. The number of benzene rings is 1. The molecule has 0 aliphatic carbocycles. The molecule has 1 atom stereocenters. The Labute approximate surface area is 143 Å². The van der Waals surface area contributed by atoms with Gasteiger partial charge in [0.05, 0.1) is 0 Å². The summed E-state index contributed by atoms with van der Waals surface area (Å²) >= 11 is 0. The van der Waals surface area contributed by atoms with Crippen LogP contribution in [-0.4, -0.2) is 24.6 Å². The zero-order valence-electron chi connectivity index (χ0n) is 14.3. The van der Waals surface area contributed by atoms with Crippen LogP contribution in [0.2, 0.25) is 0 Å². The van der Waals surface area contributed by atoms with Crippen molar-refractivity contribution in [2.24, 2.45) is 5.73 Å². The number of hydrogen-bond acceptors (Lipinski definition) is 5. The lowest BCUT2D eigenvalue weighted by Gasteiger charge is -2.19. The largest absolute Gasteiger partial charge is 0.453 e. The second-order valence-electron chi connectivity index (χ2n) is 5.95. The SMILES string of the molecule is CC(C)c1cccc(C(C)C)c1OC(=O)COC(=O)[C@H](C)N.Cl. The van der Waals surface area contributed by atoms with Gasteiger partial charge >= 0.3 is 11.9 Å². The zero-order valence-corrected chi connectivity index (χ0v) is 15.1. The molecule has 2 N–H and O–H groups in total. The third kappa shape index (κ3) is 6.20. The standard InChI is InChI=1S/C17H25NO4.ClH/c1-10(2)13-7-6-8-14(11(3)4)16(13)22-15(19)9-21-17(20)12(5)18;/h6-8,10-12H,9,18H2,1-5H3;1H/t12-;/m0./s1. The van der Waals surface area contributed by atoms with E-state index in [0.29, 0.717) is 5.75 Å². The van der Waals surface area contributed by atoms with Crippen molar-refractivity contribution in [1.82, 2.24) is 0 Å². The van der Waals surface area contributed by atoms with E-state index < -0.39 is 24.6 Å². The first-order valence-electron chi connectivity index (χ1n) is 7.49. The molecule has 0 unspecified atom stereocenters. The van der Waals surface area contributed by atoms with Crippen molar-refractivity contribution in [2.45, 2.75) is 52.5 Å². The maximum atomic E-state index is 11.9. The minimum absolute atomic E-state index is 0. The van der Waals surface area contributed by atoms with Gasteiger partial charge in [-0.15, -0.1) is 12.4 Å². The van der Waals surface area contributed by atoms with Crippen LogP contribution in [0.3, 0.4) is 0 Å². The van der Waals surface area contributed by atoms with E-state index in [1.165, 1.54) is 6.92 Å². The molecule has 0 saturated heterocycles. The van der Waals surface area contributed by atoms with Gasteiger partial charge in [-0.3, -0.25) is 4.79 Å². The Morgan fingerprint density at radius 2 is 1.52 bits per heavy atom. The molecule has 0 fully saturated rings. The van der Waals surface area contributed by atoms with Gasteiger partial charge in [-0.05, 0) is 29.9 Å². The third-order valence-electron chi connectivity index (χ3n) is 3.24. The fourth-order valence-electron chi connectivity index (χ4n) is 2.01. The average Bonchev–Trinajstić information content (AvgIpc) is 2.44. The van der Waals surface area contributed by atoms with Crippen molar-refractivity contribution in [3.05, 3.63) is 29.3 Å². The highest BCUT2D eigenvalue weighted by molar-refractivity contribution is 5.85. The summed E-state index contributed by atoms with van der Waals surface area (Å²) in [6.45, 7) is 9.20. The number of ether oxygens (including phenoxy) is 2. The van der Waals surface area contributed by atoms with Gasteiger partial charge in [-0.25, -0.2) is 4.79 Å². The van der Waals surface area contributed by atoms with E-state index in [4.69, 9.17) is 15.2 Å². The lowest BCUT2D eigenvalue weighted by Crippen LogP contribution is -2.31. The van der Waals surface area contributed by atoms with Crippen molar-refractivity contribution in [3.63, 3.8) is 0 Å². The number of hydrogen-bond donors (Lipinski definition) is 1. The van der Waals surface area contributed by atoms with Crippen molar-refractivity contribution in [1.29, 1.82) is 0 Å². The molecule has 0 aromatic heterocycles. The molecule has 0 aliphatic rings. The second-order valence-corrected chi connectivity index (χ2v) is 5.95. The lowest BCUT2D eigenvalue weighted by atomic mass is 9.94. The topological polar surface area (TPSA) is 78.6 Å². The summed E-state index contributed by atoms with van der Waals surface area (Å²) in [5.74, 6) is -0.238. The summed E-state index contributed by atoms with van der Waals surface area (Å²) in [7, 11) is 0. The van der Waals surface area contributed by atoms with Gasteiger partial charge in [0.15, 0.2) is 6.61 Å². The summed E-state index contributed by atoms with van der Waals surface area (Å²) in [5.41, 5.74) is 7.29. The van der Waals surface area contributed by atoms with Crippen molar-refractivity contribution >= 4 is 24.3 Å². The molecule has 0 saturated carbocycles. The quantitative estimate of drug-likeness (QED) is 0.634. The molecule has 130 valence electrons. The van der Waals surface area contributed by atoms with E-state index in [1.54, 1.807) is 0 Å². The van der Waals surface area contributed by atoms with Crippen LogP contribution in [0, 0.1) is 0 Å². The van der Waals surface area contributed by atoms with E-state index >= 15 is 0 Å². The Bertz CT molecular complexity index is 515. The number of carbonyl (C=O) groups is 2. The molecule has 6 heteroatoms. The summed E-state index contributed by atoms with van der Waals surface area (Å²) < 4.78 is 10.3. The molecule has 0 heterocycles. The predicted molar refractivity (Wildman–Crippen MR) is 92.1 cm³/mol. The van der Waals surface area contributed by atoms with E-state index in [9.17, 15) is 9.59 Å². The van der Waals surface area contributed by atoms with Crippen molar-refractivity contribution < 1.29 is 19.1 Å². The molecule has 1 aromatic rings. The minimum atomic E-state index is -0.762. The smallest absolute Gasteiger partial charge is 0.349 e. The number of nitrogens with two attached hydrogens (primary N) is 1. The molecule has 5 nitrogen and oxygen atoms in total. The first-order chi connectivity index (χ1) is 10.2. The molecule has 0 amide bonds. The van der Waals surface area contributed by atoms with Crippen LogP contribution in [-0.2, 0) is 14.3 Å². The minimum Gasteiger partial charge on any atom is -0.453 e. The van der Waals surface area contributed by atoms with Crippen molar-refractivity contribution in [3.8, 4) is 5.75 Å². The first-order valence-corrected chi connectivity index (χ1v) is 7.49. The summed E-state index contributed by atoms with van der Waals surface area (Å²) in [4.78, 5) is 23.2. The van der Waals surface area contributed by atoms with E-state index in [1.807, 2.05) is 45.9 Å². The van der Waals surface area contributed by atoms with Crippen LogP contribution in [0.25, 0.3) is 0 Å². The highest BCUT2D eigenvalue weighted by Gasteiger charge is 2.19. The van der Waals surface area contributed by atoms with Crippen LogP contribution < -0.4 is 10.5 Å². The van der Waals surface area contributed by atoms with Gasteiger partial charge in [0.2, 0.25) is 0 Å². The first kappa shape index (κ1) is 21.4. The Morgan fingerprint density at radius 3 is 1.91 bits per heavy atom. The van der Waals surface area contributed by atoms with Crippen LogP contribution in [0.4, 0.5) is 0 Å². The second kappa shape index (κ2) is 9.53. The number of para-hydroxylation sites is 1. The predicted octanol–water partition coefficient (Wildman–Crippen LogP) is 3.15. The Kier molecular flexibility index (Phi) is 8.87. The summed E-state index contributed by atoms with van der Waals surface area (Å²) in [6, 6.07) is 5.07. The van der Waals surface area contributed by atoms with Crippen molar-refractivity contribution in [2.75, 3.05) is 6.61 Å². The van der Waals surface area contributed by atoms with Crippen LogP contribution in [0.15, 0.2) is 18.2 Å². The molecular weight excluding hydrogens is 318 g/mol. The van der Waals surface area contributed by atoms with Gasteiger partial charge in [0.25, 0.3) is 0 Å². The molecule has 1 aromatic carbocycles. The zero-order chi connectivity index (χ0) is 16.9. The number of esters is 2. The lowest BCUT2D eigenvalue weighted by molar-refractivity contribution is -0.154. The average molecular weight is 344 g/mol. The third-order valence-corrected chi connectivity index (χ3v) is 3.24. The Balaban J connectivity index is 0.00000484. The fourth-order valence-corrected chi connectivity index (χ4v) is 2.01. The Morgan fingerprint density at radius 1 is 1.04 bits per heavy atom. The number of rotatable bonds is 6. The van der Waals surface area contributed by atoms with E-state index in [-0.39, 0.29) is 24.2 Å². The molecule has 0 spiro atoms. The van der Waals surface area contributed by atoms with E-state index in [2.05, 4.69) is 0 Å². The molecule has 0 bridgehead atoms. The number of carbonyl (C=O) groups excluding carboxylic acids is 2. The Hall–Kier alpha value is -1.59. The molecule has 1 rings (SSSR count). The molecule has 0 radical (unpaired) electrons. The van der Waals surface area contributed by atoms with Gasteiger partial charge in [-0.1, -0.05) is 45.9 Å².